The van der Waals surface area contributed by atoms with E-state index in [0.29, 0.717) is 13.0 Å². The maximum Gasteiger partial charge on any atom is 0.220 e. The normalized spacial score (nSPS) is 17.7. The third kappa shape index (κ3) is 6.15. The highest BCUT2D eigenvalue weighted by Gasteiger charge is 2.33. The van der Waals surface area contributed by atoms with Gasteiger partial charge in [0.25, 0.3) is 0 Å². The first kappa shape index (κ1) is 21.2. The Balaban J connectivity index is 0.00000220. The fourth-order valence-electron chi connectivity index (χ4n) is 3.18. The molecular weight excluding hydrogens is 323 g/mol. The standard InChI is InChI=1S/C15H26N4O.2ClH/c1-13(10-19-8-7-17-12-19)18-14(20)9-15(11-16)5-3-2-4-6-15;;/h7-8,12-13H,2-6,9-11,16H2,1H3,(H,18,20);2*1H. The molecule has 1 fully saturated rings. The van der Waals surface area contributed by atoms with Crippen LogP contribution in [0.1, 0.15) is 45.4 Å². The zero-order valence-electron chi connectivity index (χ0n) is 13.2. The topological polar surface area (TPSA) is 72.9 Å². The van der Waals surface area contributed by atoms with Gasteiger partial charge in [0.2, 0.25) is 5.91 Å². The number of rotatable bonds is 6. The van der Waals surface area contributed by atoms with Crippen molar-refractivity contribution in [1.29, 1.82) is 0 Å². The summed E-state index contributed by atoms with van der Waals surface area (Å²) in [5, 5.41) is 3.08. The van der Waals surface area contributed by atoms with Gasteiger partial charge in [0, 0.05) is 31.4 Å². The number of amides is 1. The number of imidazole rings is 1. The van der Waals surface area contributed by atoms with Crippen molar-refractivity contribution in [2.45, 2.75) is 58.0 Å². The molecule has 0 saturated heterocycles. The molecule has 7 heteroatoms. The summed E-state index contributed by atoms with van der Waals surface area (Å²) in [6.45, 7) is 3.39. The Kier molecular flexibility index (Phi) is 9.72. The number of halogens is 2. The van der Waals surface area contributed by atoms with Gasteiger partial charge in [0.1, 0.15) is 0 Å². The highest BCUT2D eigenvalue weighted by molar-refractivity contribution is 5.85. The number of nitrogens with zero attached hydrogens (tertiary/aromatic N) is 2. The number of hydrogen-bond acceptors (Lipinski definition) is 3. The molecule has 1 heterocycles. The second-order valence-electron chi connectivity index (χ2n) is 6.17. The van der Waals surface area contributed by atoms with Crippen molar-refractivity contribution in [3.05, 3.63) is 18.7 Å². The van der Waals surface area contributed by atoms with E-state index in [0.717, 1.165) is 19.4 Å². The average Bonchev–Trinajstić information content (AvgIpc) is 2.92. The molecule has 1 amide bonds. The van der Waals surface area contributed by atoms with Gasteiger partial charge in [-0.05, 0) is 31.7 Å². The monoisotopic (exact) mass is 350 g/mol. The second kappa shape index (κ2) is 10.1. The molecule has 22 heavy (non-hydrogen) atoms. The molecule has 2 rings (SSSR count). The van der Waals surface area contributed by atoms with Gasteiger partial charge in [-0.3, -0.25) is 4.79 Å². The highest BCUT2D eigenvalue weighted by atomic mass is 35.5. The van der Waals surface area contributed by atoms with Gasteiger partial charge in [0.15, 0.2) is 0 Å². The lowest BCUT2D eigenvalue weighted by molar-refractivity contribution is -0.124. The molecule has 0 aromatic carbocycles. The van der Waals surface area contributed by atoms with Crippen molar-refractivity contribution < 1.29 is 4.79 Å². The molecule has 1 aliphatic carbocycles. The lowest BCUT2D eigenvalue weighted by Gasteiger charge is -2.36. The number of aromatic nitrogens is 2. The van der Waals surface area contributed by atoms with Gasteiger partial charge in [0.05, 0.1) is 6.33 Å². The lowest BCUT2D eigenvalue weighted by atomic mass is 9.71. The largest absolute Gasteiger partial charge is 0.352 e. The van der Waals surface area contributed by atoms with Gasteiger partial charge in [-0.15, -0.1) is 24.8 Å². The van der Waals surface area contributed by atoms with Crippen molar-refractivity contribution in [2.24, 2.45) is 11.1 Å². The number of nitrogens with two attached hydrogens (primary N) is 1. The number of carbonyl (C=O) groups is 1. The van der Waals surface area contributed by atoms with E-state index in [9.17, 15) is 4.79 Å². The van der Waals surface area contributed by atoms with E-state index in [2.05, 4.69) is 10.3 Å². The van der Waals surface area contributed by atoms with E-state index in [1.807, 2.05) is 17.7 Å². The zero-order chi connectivity index (χ0) is 14.4. The average molecular weight is 351 g/mol. The van der Waals surface area contributed by atoms with Gasteiger partial charge < -0.3 is 15.6 Å². The third-order valence-corrected chi connectivity index (χ3v) is 4.33. The quantitative estimate of drug-likeness (QED) is 0.827. The minimum absolute atomic E-state index is 0. The summed E-state index contributed by atoms with van der Waals surface area (Å²) >= 11 is 0. The first-order valence-corrected chi connectivity index (χ1v) is 7.59. The van der Waals surface area contributed by atoms with Gasteiger partial charge in [-0.25, -0.2) is 4.98 Å². The van der Waals surface area contributed by atoms with Gasteiger partial charge in [-0.2, -0.15) is 0 Å². The summed E-state index contributed by atoms with van der Waals surface area (Å²) in [4.78, 5) is 16.2. The van der Waals surface area contributed by atoms with Crippen LogP contribution in [0.5, 0.6) is 0 Å². The molecular formula is C15H28Cl2N4O. The molecule has 1 unspecified atom stereocenters. The Morgan fingerprint density at radius 3 is 2.59 bits per heavy atom. The lowest BCUT2D eigenvalue weighted by Crippen LogP contribution is -2.42. The summed E-state index contributed by atoms with van der Waals surface area (Å²) in [7, 11) is 0. The van der Waals surface area contributed by atoms with Crippen LogP contribution in [0.2, 0.25) is 0 Å². The van der Waals surface area contributed by atoms with Crippen molar-refractivity contribution in [3.8, 4) is 0 Å². The van der Waals surface area contributed by atoms with Crippen LogP contribution >= 0.6 is 24.8 Å². The Morgan fingerprint density at radius 2 is 2.05 bits per heavy atom. The van der Waals surface area contributed by atoms with Crippen LogP contribution < -0.4 is 11.1 Å². The smallest absolute Gasteiger partial charge is 0.220 e. The van der Waals surface area contributed by atoms with Gasteiger partial charge in [-0.1, -0.05) is 19.3 Å². The van der Waals surface area contributed by atoms with Crippen molar-refractivity contribution in [2.75, 3.05) is 6.54 Å². The molecule has 1 aliphatic rings. The molecule has 3 N–H and O–H groups in total. The van der Waals surface area contributed by atoms with Crippen molar-refractivity contribution >= 4 is 30.7 Å². The Labute approximate surface area is 145 Å². The zero-order valence-corrected chi connectivity index (χ0v) is 14.8. The van der Waals surface area contributed by atoms with E-state index in [-0.39, 0.29) is 42.2 Å². The van der Waals surface area contributed by atoms with Crippen LogP contribution in [0, 0.1) is 5.41 Å². The SMILES string of the molecule is CC(Cn1ccnc1)NC(=O)CC1(CN)CCCCC1.Cl.Cl. The molecule has 1 atom stereocenters. The molecule has 1 saturated carbocycles. The van der Waals surface area contributed by atoms with Crippen LogP contribution in [0.4, 0.5) is 0 Å². The van der Waals surface area contributed by atoms with E-state index in [1.54, 1.807) is 12.5 Å². The van der Waals surface area contributed by atoms with Crippen molar-refractivity contribution in [3.63, 3.8) is 0 Å². The number of hydrogen-bond donors (Lipinski definition) is 2. The maximum absolute atomic E-state index is 12.2. The second-order valence-corrected chi connectivity index (χ2v) is 6.17. The molecule has 1 aromatic rings. The number of carbonyl (C=O) groups excluding carboxylic acids is 1. The first-order chi connectivity index (χ1) is 9.63. The summed E-state index contributed by atoms with van der Waals surface area (Å²) in [6.07, 6.45) is 11.9. The summed E-state index contributed by atoms with van der Waals surface area (Å²) in [6, 6.07) is 0.107. The number of nitrogens with one attached hydrogen (secondary N) is 1. The van der Waals surface area contributed by atoms with Crippen LogP contribution in [0.15, 0.2) is 18.7 Å². The van der Waals surface area contributed by atoms with Crippen LogP contribution in [-0.2, 0) is 11.3 Å². The van der Waals surface area contributed by atoms with E-state index < -0.39 is 0 Å². The molecule has 0 aliphatic heterocycles. The van der Waals surface area contributed by atoms with Crippen molar-refractivity contribution in [1.82, 2.24) is 14.9 Å². The minimum Gasteiger partial charge on any atom is -0.352 e. The molecule has 0 radical (unpaired) electrons. The molecule has 0 bridgehead atoms. The Morgan fingerprint density at radius 1 is 1.36 bits per heavy atom. The summed E-state index contributed by atoms with van der Waals surface area (Å²) < 4.78 is 1.98. The Bertz CT molecular complexity index is 419. The molecule has 1 aromatic heterocycles. The fourth-order valence-corrected chi connectivity index (χ4v) is 3.18. The minimum atomic E-state index is 0. The molecule has 5 nitrogen and oxygen atoms in total. The van der Waals surface area contributed by atoms with Crippen LogP contribution in [0.25, 0.3) is 0 Å². The maximum atomic E-state index is 12.2. The van der Waals surface area contributed by atoms with E-state index in [4.69, 9.17) is 5.73 Å². The third-order valence-electron chi connectivity index (χ3n) is 4.33. The van der Waals surface area contributed by atoms with E-state index in [1.165, 1.54) is 19.3 Å². The molecule has 128 valence electrons. The first-order valence-electron chi connectivity index (χ1n) is 7.59. The summed E-state index contributed by atoms with van der Waals surface area (Å²) in [5.74, 6) is 0.130. The summed E-state index contributed by atoms with van der Waals surface area (Å²) in [5.41, 5.74) is 5.97. The molecule has 0 spiro atoms. The highest BCUT2D eigenvalue weighted by Crippen LogP contribution is 2.38. The van der Waals surface area contributed by atoms with Gasteiger partial charge >= 0.3 is 0 Å². The van der Waals surface area contributed by atoms with E-state index >= 15 is 0 Å². The Hall–Kier alpha value is -0.780. The van der Waals surface area contributed by atoms with Crippen LogP contribution in [-0.4, -0.2) is 28.0 Å². The van der Waals surface area contributed by atoms with Crippen LogP contribution in [0.3, 0.4) is 0 Å². The predicted octanol–water partition coefficient (Wildman–Crippen LogP) is 2.53. The predicted molar refractivity (Wildman–Crippen MR) is 93.5 cm³/mol. The fraction of sp³-hybridized carbons (Fsp3) is 0.733.